The predicted molar refractivity (Wildman–Crippen MR) is 145 cm³/mol. The average molecular weight is 568 g/mol. The second-order valence-corrected chi connectivity index (χ2v) is 9.75. The summed E-state index contributed by atoms with van der Waals surface area (Å²) in [7, 11) is 1.82. The van der Waals surface area contributed by atoms with E-state index in [2.05, 4.69) is 9.88 Å². The first-order chi connectivity index (χ1) is 19.6. The SMILES string of the molecule is Cn1c(C(=O)N2CCN(Cc3ccc(OCC(F)(F)F)cc3)CC2)cc2ccc(Oc3cccc(C(N)=O)n3)cc21. The van der Waals surface area contributed by atoms with E-state index in [4.69, 9.17) is 15.2 Å². The van der Waals surface area contributed by atoms with E-state index in [1.54, 1.807) is 30.3 Å². The first kappa shape index (κ1) is 28.0. The Balaban J connectivity index is 1.19. The van der Waals surface area contributed by atoms with Crippen molar-refractivity contribution in [3.63, 3.8) is 0 Å². The van der Waals surface area contributed by atoms with Gasteiger partial charge in [-0.05, 0) is 42.0 Å². The fourth-order valence-electron chi connectivity index (χ4n) is 4.69. The largest absolute Gasteiger partial charge is 0.484 e. The number of carbonyl (C=O) groups is 2. The fraction of sp³-hybridized carbons (Fsp3) is 0.276. The Bertz CT molecular complexity index is 1560. The lowest BCUT2D eigenvalue weighted by Gasteiger charge is -2.34. The number of piperazine rings is 1. The van der Waals surface area contributed by atoms with Gasteiger partial charge in [0.2, 0.25) is 5.88 Å². The molecule has 2 N–H and O–H groups in total. The molecule has 1 aliphatic heterocycles. The second-order valence-electron chi connectivity index (χ2n) is 9.75. The molecule has 0 spiro atoms. The number of nitrogens with zero attached hydrogens (tertiary/aromatic N) is 4. The molecule has 2 aromatic carbocycles. The molecule has 1 saturated heterocycles. The maximum atomic E-state index is 13.4. The minimum Gasteiger partial charge on any atom is -0.484 e. The van der Waals surface area contributed by atoms with E-state index in [-0.39, 0.29) is 23.2 Å². The normalized spacial score (nSPS) is 14.3. The molecule has 0 radical (unpaired) electrons. The second kappa shape index (κ2) is 11.5. The molecule has 1 aliphatic rings. The van der Waals surface area contributed by atoms with Crippen LogP contribution >= 0.6 is 0 Å². The summed E-state index contributed by atoms with van der Waals surface area (Å²) in [6.45, 7) is 1.72. The summed E-state index contributed by atoms with van der Waals surface area (Å²) in [5, 5.41) is 0.878. The highest BCUT2D eigenvalue weighted by Gasteiger charge is 2.28. The topological polar surface area (TPSA) is 103 Å². The number of nitrogens with two attached hydrogens (primary N) is 1. The summed E-state index contributed by atoms with van der Waals surface area (Å²) in [5.41, 5.74) is 7.70. The summed E-state index contributed by atoms with van der Waals surface area (Å²) in [6, 6.07) is 18.6. The van der Waals surface area contributed by atoms with Crippen LogP contribution in [0.5, 0.6) is 17.4 Å². The van der Waals surface area contributed by atoms with Crippen LogP contribution in [0.2, 0.25) is 0 Å². The van der Waals surface area contributed by atoms with Gasteiger partial charge in [0.15, 0.2) is 6.61 Å². The molecule has 12 heteroatoms. The van der Waals surface area contributed by atoms with E-state index in [9.17, 15) is 22.8 Å². The van der Waals surface area contributed by atoms with Gasteiger partial charge in [0.1, 0.15) is 22.9 Å². The Kier molecular flexibility index (Phi) is 7.84. The van der Waals surface area contributed by atoms with Crippen molar-refractivity contribution in [2.24, 2.45) is 12.8 Å². The van der Waals surface area contributed by atoms with Crippen LogP contribution in [0.1, 0.15) is 26.5 Å². The lowest BCUT2D eigenvalue weighted by atomic mass is 10.2. The monoisotopic (exact) mass is 567 g/mol. The highest BCUT2D eigenvalue weighted by molar-refractivity contribution is 5.99. The Morgan fingerprint density at radius 3 is 2.34 bits per heavy atom. The number of fused-ring (bicyclic) bond motifs is 1. The molecule has 1 fully saturated rings. The number of amides is 2. The van der Waals surface area contributed by atoms with Gasteiger partial charge < -0.3 is 24.7 Å². The zero-order valence-electron chi connectivity index (χ0n) is 22.2. The van der Waals surface area contributed by atoms with Crippen molar-refractivity contribution in [1.82, 2.24) is 19.4 Å². The molecule has 5 rings (SSSR count). The lowest BCUT2D eigenvalue weighted by molar-refractivity contribution is -0.153. The number of pyridine rings is 1. The van der Waals surface area contributed by atoms with Crippen molar-refractivity contribution in [2.45, 2.75) is 12.7 Å². The van der Waals surface area contributed by atoms with Crippen LogP contribution in [-0.2, 0) is 13.6 Å². The number of rotatable bonds is 8. The fourth-order valence-corrected chi connectivity index (χ4v) is 4.69. The summed E-state index contributed by atoms with van der Waals surface area (Å²) in [5.74, 6) is 0.177. The third kappa shape index (κ3) is 6.77. The van der Waals surface area contributed by atoms with E-state index >= 15 is 0 Å². The third-order valence-electron chi connectivity index (χ3n) is 6.83. The summed E-state index contributed by atoms with van der Waals surface area (Å²) >= 11 is 0. The van der Waals surface area contributed by atoms with Gasteiger partial charge >= 0.3 is 6.18 Å². The van der Waals surface area contributed by atoms with E-state index < -0.39 is 18.7 Å². The van der Waals surface area contributed by atoms with Crippen molar-refractivity contribution in [3.05, 3.63) is 83.7 Å². The Morgan fingerprint density at radius 1 is 0.951 bits per heavy atom. The number of carbonyl (C=O) groups excluding carboxylic acids is 2. The van der Waals surface area contributed by atoms with Gasteiger partial charge in [-0.25, -0.2) is 4.98 Å². The number of hydrogen-bond acceptors (Lipinski definition) is 6. The third-order valence-corrected chi connectivity index (χ3v) is 6.83. The van der Waals surface area contributed by atoms with Gasteiger partial charge in [-0.15, -0.1) is 0 Å². The molecule has 9 nitrogen and oxygen atoms in total. The molecule has 0 unspecified atom stereocenters. The molecule has 0 saturated carbocycles. The van der Waals surface area contributed by atoms with Gasteiger partial charge in [-0.1, -0.05) is 18.2 Å². The van der Waals surface area contributed by atoms with Crippen LogP contribution in [0.15, 0.2) is 66.7 Å². The van der Waals surface area contributed by atoms with Crippen LogP contribution in [0.25, 0.3) is 10.9 Å². The smallest absolute Gasteiger partial charge is 0.422 e. The highest BCUT2D eigenvalue weighted by atomic mass is 19.4. The van der Waals surface area contributed by atoms with Crippen molar-refractivity contribution in [1.29, 1.82) is 0 Å². The summed E-state index contributed by atoms with van der Waals surface area (Å²) in [6.07, 6.45) is -4.38. The Labute approximate surface area is 233 Å². The number of alkyl halides is 3. The molecular formula is C29H28F3N5O4. The zero-order valence-corrected chi connectivity index (χ0v) is 22.2. The van der Waals surface area contributed by atoms with Crippen molar-refractivity contribution >= 4 is 22.7 Å². The van der Waals surface area contributed by atoms with Crippen LogP contribution in [0, 0.1) is 0 Å². The van der Waals surface area contributed by atoms with Gasteiger partial charge in [0.25, 0.3) is 11.8 Å². The predicted octanol–water partition coefficient (Wildman–Crippen LogP) is 4.36. The van der Waals surface area contributed by atoms with Crippen molar-refractivity contribution in [3.8, 4) is 17.4 Å². The number of hydrogen-bond donors (Lipinski definition) is 1. The molecule has 41 heavy (non-hydrogen) atoms. The van der Waals surface area contributed by atoms with Gasteiger partial charge in [0.05, 0.1) is 5.52 Å². The number of ether oxygens (including phenoxy) is 2. The van der Waals surface area contributed by atoms with Crippen LogP contribution in [-0.4, -0.2) is 70.1 Å². The van der Waals surface area contributed by atoms with Gasteiger partial charge in [0, 0.05) is 57.3 Å². The summed E-state index contributed by atoms with van der Waals surface area (Å²) < 4.78 is 49.4. The number of aryl methyl sites for hydroxylation is 1. The van der Waals surface area contributed by atoms with Crippen molar-refractivity contribution < 1.29 is 32.2 Å². The molecule has 4 aromatic rings. The maximum absolute atomic E-state index is 13.4. The molecule has 214 valence electrons. The first-order valence-electron chi connectivity index (χ1n) is 12.9. The molecule has 0 aliphatic carbocycles. The minimum atomic E-state index is -4.38. The van der Waals surface area contributed by atoms with Gasteiger partial charge in [-0.3, -0.25) is 14.5 Å². The number of aromatic nitrogens is 2. The maximum Gasteiger partial charge on any atom is 0.422 e. The van der Waals surface area contributed by atoms with Crippen LogP contribution in [0.4, 0.5) is 13.2 Å². The Hall–Kier alpha value is -4.58. The molecule has 3 heterocycles. The standard InChI is InChI=1S/C29H28F3N5O4/c1-35-24-16-22(41-26-4-2-3-23(34-26)27(33)38)10-7-20(24)15-25(35)28(39)37-13-11-36(12-14-37)17-19-5-8-21(9-6-19)40-18-29(30,31)32/h2-10,15-16H,11-14,17-18H2,1H3,(H2,33,38). The average Bonchev–Trinajstić information content (AvgIpc) is 3.28. The highest BCUT2D eigenvalue weighted by Crippen LogP contribution is 2.28. The quantitative estimate of drug-likeness (QED) is 0.340. The number of primary amides is 1. The van der Waals surface area contributed by atoms with E-state index in [1.165, 1.54) is 18.2 Å². The van der Waals surface area contributed by atoms with Crippen LogP contribution in [0.3, 0.4) is 0 Å². The van der Waals surface area contributed by atoms with E-state index in [0.29, 0.717) is 44.2 Å². The van der Waals surface area contributed by atoms with Crippen molar-refractivity contribution in [2.75, 3.05) is 32.8 Å². The molecule has 0 atom stereocenters. The molecule has 0 bridgehead atoms. The number of benzene rings is 2. The molecule has 2 amide bonds. The molecule has 2 aromatic heterocycles. The van der Waals surface area contributed by atoms with E-state index in [1.807, 2.05) is 34.7 Å². The minimum absolute atomic E-state index is 0.0761. The Morgan fingerprint density at radius 2 is 1.66 bits per heavy atom. The number of halogens is 3. The summed E-state index contributed by atoms with van der Waals surface area (Å²) in [4.78, 5) is 32.9. The zero-order chi connectivity index (χ0) is 29.1. The first-order valence-corrected chi connectivity index (χ1v) is 12.9. The van der Waals surface area contributed by atoms with Crippen LogP contribution < -0.4 is 15.2 Å². The van der Waals surface area contributed by atoms with E-state index in [0.717, 1.165) is 16.5 Å². The molecular weight excluding hydrogens is 539 g/mol. The van der Waals surface area contributed by atoms with Gasteiger partial charge in [-0.2, -0.15) is 13.2 Å². The lowest BCUT2D eigenvalue weighted by Crippen LogP contribution is -2.48.